The highest BCUT2D eigenvalue weighted by Gasteiger charge is 2.26. The van der Waals surface area contributed by atoms with Gasteiger partial charge in [-0.15, -0.1) is 11.3 Å². The Morgan fingerprint density at radius 3 is 2.48 bits per heavy atom. The van der Waals surface area contributed by atoms with Crippen LogP contribution >= 0.6 is 11.3 Å². The molecule has 8 heteroatoms. The zero-order chi connectivity index (χ0) is 22.0. The van der Waals surface area contributed by atoms with E-state index in [4.69, 9.17) is 19.7 Å². The molecule has 0 amide bonds. The van der Waals surface area contributed by atoms with Gasteiger partial charge >= 0.3 is 0 Å². The van der Waals surface area contributed by atoms with Crippen molar-refractivity contribution in [3.63, 3.8) is 0 Å². The average molecular weight is 439 g/mol. The molecule has 0 spiro atoms. The van der Waals surface area contributed by atoms with Crippen LogP contribution in [-0.2, 0) is 0 Å². The summed E-state index contributed by atoms with van der Waals surface area (Å²) in [5.74, 6) is 3.94. The molecule has 0 unspecified atom stereocenters. The molecule has 0 bridgehead atoms. The standard InChI is InChI=1S/C23H30N6OS/c1-15(2)20-25-22(28(3)4)27-23(26-20)29-12-10-16(11-13-29)21-24-18(14-31-21)17-8-6-7-9-19(17)30-5/h6-9,14-16H,10-13H2,1-5H3. The first-order valence-corrected chi connectivity index (χ1v) is 11.6. The summed E-state index contributed by atoms with van der Waals surface area (Å²) >= 11 is 1.75. The van der Waals surface area contributed by atoms with Crippen LogP contribution < -0.4 is 14.5 Å². The number of hydrogen-bond acceptors (Lipinski definition) is 8. The van der Waals surface area contributed by atoms with Gasteiger partial charge < -0.3 is 14.5 Å². The molecule has 0 atom stereocenters. The molecule has 3 aromatic rings. The Labute approximate surface area is 188 Å². The number of aromatic nitrogens is 4. The molecule has 2 aromatic heterocycles. The fraction of sp³-hybridized carbons (Fsp3) is 0.478. The summed E-state index contributed by atoms with van der Waals surface area (Å²) in [5, 5.41) is 3.34. The van der Waals surface area contributed by atoms with Crippen LogP contribution in [0.3, 0.4) is 0 Å². The summed E-state index contributed by atoms with van der Waals surface area (Å²) in [4.78, 5) is 23.2. The van der Waals surface area contributed by atoms with Gasteiger partial charge in [0.2, 0.25) is 11.9 Å². The maximum Gasteiger partial charge on any atom is 0.230 e. The van der Waals surface area contributed by atoms with Gasteiger partial charge in [-0.25, -0.2) is 4.98 Å². The van der Waals surface area contributed by atoms with E-state index in [1.807, 2.05) is 37.2 Å². The Morgan fingerprint density at radius 1 is 1.06 bits per heavy atom. The Kier molecular flexibility index (Phi) is 6.36. The van der Waals surface area contributed by atoms with Crippen LogP contribution in [0.2, 0.25) is 0 Å². The van der Waals surface area contributed by atoms with E-state index < -0.39 is 0 Å². The minimum absolute atomic E-state index is 0.265. The first-order valence-electron chi connectivity index (χ1n) is 10.7. The van der Waals surface area contributed by atoms with Gasteiger partial charge in [0.15, 0.2) is 0 Å². The van der Waals surface area contributed by atoms with Gasteiger partial charge in [-0.1, -0.05) is 26.0 Å². The second-order valence-corrected chi connectivity index (χ2v) is 9.27. The first-order chi connectivity index (χ1) is 15.0. The van der Waals surface area contributed by atoms with Gasteiger partial charge in [-0.2, -0.15) is 15.0 Å². The molecular formula is C23H30N6OS. The van der Waals surface area contributed by atoms with E-state index in [0.717, 1.165) is 60.7 Å². The fourth-order valence-electron chi connectivity index (χ4n) is 3.75. The van der Waals surface area contributed by atoms with E-state index in [1.165, 1.54) is 5.01 Å². The Bertz CT molecular complexity index is 1000. The zero-order valence-electron chi connectivity index (χ0n) is 18.9. The van der Waals surface area contributed by atoms with E-state index in [9.17, 15) is 0 Å². The van der Waals surface area contributed by atoms with E-state index in [-0.39, 0.29) is 5.92 Å². The van der Waals surface area contributed by atoms with Gasteiger partial charge in [-0.05, 0) is 25.0 Å². The Balaban J connectivity index is 1.48. The number of para-hydroxylation sites is 1. The normalized spacial score (nSPS) is 14.8. The number of piperidine rings is 1. The number of ether oxygens (including phenoxy) is 1. The van der Waals surface area contributed by atoms with Gasteiger partial charge in [0.1, 0.15) is 11.6 Å². The second-order valence-electron chi connectivity index (χ2n) is 8.38. The summed E-state index contributed by atoms with van der Waals surface area (Å²) < 4.78 is 5.51. The monoisotopic (exact) mass is 438 g/mol. The molecule has 31 heavy (non-hydrogen) atoms. The van der Waals surface area contributed by atoms with Crippen molar-refractivity contribution < 1.29 is 4.74 Å². The molecule has 3 heterocycles. The molecule has 0 radical (unpaired) electrons. The molecule has 1 aliphatic rings. The molecule has 7 nitrogen and oxygen atoms in total. The highest BCUT2D eigenvalue weighted by molar-refractivity contribution is 7.10. The van der Waals surface area contributed by atoms with E-state index in [1.54, 1.807) is 18.4 Å². The maximum atomic E-state index is 5.51. The molecular weight excluding hydrogens is 408 g/mol. The minimum atomic E-state index is 0.265. The summed E-state index contributed by atoms with van der Waals surface area (Å²) in [5.41, 5.74) is 2.04. The zero-order valence-corrected chi connectivity index (χ0v) is 19.7. The molecule has 0 saturated carbocycles. The Hall–Kier alpha value is -2.74. The van der Waals surface area contributed by atoms with Crippen LogP contribution in [0.1, 0.15) is 49.4 Å². The fourth-order valence-corrected chi connectivity index (χ4v) is 4.74. The quantitative estimate of drug-likeness (QED) is 0.558. The predicted molar refractivity (Wildman–Crippen MR) is 127 cm³/mol. The van der Waals surface area contributed by atoms with Crippen molar-refractivity contribution in [2.24, 2.45) is 0 Å². The van der Waals surface area contributed by atoms with Crippen molar-refractivity contribution in [2.75, 3.05) is 44.1 Å². The van der Waals surface area contributed by atoms with Crippen LogP contribution in [0.5, 0.6) is 5.75 Å². The highest BCUT2D eigenvalue weighted by atomic mass is 32.1. The highest BCUT2D eigenvalue weighted by Crippen LogP contribution is 2.36. The number of benzene rings is 1. The number of rotatable bonds is 6. The van der Waals surface area contributed by atoms with Crippen LogP contribution in [0.25, 0.3) is 11.3 Å². The number of anilines is 2. The van der Waals surface area contributed by atoms with Crippen molar-refractivity contribution in [3.8, 4) is 17.0 Å². The van der Waals surface area contributed by atoms with E-state index in [0.29, 0.717) is 5.92 Å². The number of hydrogen-bond donors (Lipinski definition) is 0. The lowest BCUT2D eigenvalue weighted by Gasteiger charge is -2.31. The SMILES string of the molecule is COc1ccccc1-c1csc(C2CCN(c3nc(C(C)C)nc(N(C)C)n3)CC2)n1. The van der Waals surface area contributed by atoms with Crippen molar-refractivity contribution in [1.82, 2.24) is 19.9 Å². The van der Waals surface area contributed by atoms with Crippen molar-refractivity contribution in [2.45, 2.75) is 38.5 Å². The van der Waals surface area contributed by atoms with Crippen molar-refractivity contribution in [1.29, 1.82) is 0 Å². The molecule has 1 aromatic carbocycles. The molecule has 164 valence electrons. The maximum absolute atomic E-state index is 5.51. The molecule has 0 N–H and O–H groups in total. The lowest BCUT2D eigenvalue weighted by atomic mass is 9.98. The topological polar surface area (TPSA) is 67.3 Å². The summed E-state index contributed by atoms with van der Waals surface area (Å²) in [6, 6.07) is 8.06. The Morgan fingerprint density at radius 2 is 1.81 bits per heavy atom. The van der Waals surface area contributed by atoms with Crippen LogP contribution in [0.4, 0.5) is 11.9 Å². The van der Waals surface area contributed by atoms with Gasteiger partial charge in [0.05, 0.1) is 17.8 Å². The van der Waals surface area contributed by atoms with Gasteiger partial charge in [-0.3, -0.25) is 0 Å². The van der Waals surface area contributed by atoms with Crippen molar-refractivity contribution >= 4 is 23.2 Å². The third-order valence-electron chi connectivity index (χ3n) is 5.58. The number of nitrogens with zero attached hydrogens (tertiary/aromatic N) is 6. The van der Waals surface area contributed by atoms with Crippen LogP contribution in [0, 0.1) is 0 Å². The molecule has 1 fully saturated rings. The minimum Gasteiger partial charge on any atom is -0.496 e. The largest absolute Gasteiger partial charge is 0.496 e. The predicted octanol–water partition coefficient (Wildman–Crippen LogP) is 4.58. The lowest BCUT2D eigenvalue weighted by Crippen LogP contribution is -2.35. The van der Waals surface area contributed by atoms with Gasteiger partial charge in [0, 0.05) is 50.0 Å². The smallest absolute Gasteiger partial charge is 0.230 e. The number of methoxy groups -OCH3 is 1. The van der Waals surface area contributed by atoms with Crippen LogP contribution in [0.15, 0.2) is 29.6 Å². The summed E-state index contributed by atoms with van der Waals surface area (Å²) in [7, 11) is 5.64. The average Bonchev–Trinajstić information content (AvgIpc) is 3.29. The van der Waals surface area contributed by atoms with E-state index in [2.05, 4.69) is 35.2 Å². The van der Waals surface area contributed by atoms with Crippen LogP contribution in [-0.4, -0.2) is 54.2 Å². The third kappa shape index (κ3) is 4.63. The van der Waals surface area contributed by atoms with E-state index >= 15 is 0 Å². The summed E-state index contributed by atoms with van der Waals surface area (Å²) in [6.45, 7) is 6.07. The molecule has 0 aliphatic carbocycles. The molecule has 4 rings (SSSR count). The number of thiazole rings is 1. The van der Waals surface area contributed by atoms with Gasteiger partial charge in [0.25, 0.3) is 0 Å². The lowest BCUT2D eigenvalue weighted by molar-refractivity contribution is 0.416. The molecule has 1 saturated heterocycles. The third-order valence-corrected chi connectivity index (χ3v) is 6.58. The second kappa shape index (κ2) is 9.18. The molecule has 1 aliphatic heterocycles. The van der Waals surface area contributed by atoms with Crippen molar-refractivity contribution in [3.05, 3.63) is 40.5 Å². The summed E-state index contributed by atoms with van der Waals surface area (Å²) in [6.07, 6.45) is 2.08. The first kappa shape index (κ1) is 21.5.